The second-order valence-corrected chi connectivity index (χ2v) is 5.07. The van der Waals surface area contributed by atoms with Gasteiger partial charge in [-0.15, -0.1) is 0 Å². The highest BCUT2D eigenvalue weighted by Gasteiger charge is 2.46. The van der Waals surface area contributed by atoms with E-state index in [1.807, 2.05) is 0 Å². The largest absolute Gasteiger partial charge is 0.314 e. The summed E-state index contributed by atoms with van der Waals surface area (Å²) in [7, 11) is 0. The van der Waals surface area contributed by atoms with Gasteiger partial charge >= 0.3 is 0 Å². The Labute approximate surface area is 83.3 Å². The lowest BCUT2D eigenvalue weighted by molar-refractivity contribution is 0.311. The number of rotatable bonds is 6. The minimum Gasteiger partial charge on any atom is -0.314 e. The van der Waals surface area contributed by atoms with Crippen LogP contribution in [0, 0.1) is 11.3 Å². The molecule has 1 atom stereocenters. The molecule has 0 aliphatic heterocycles. The average Bonchev–Trinajstić information content (AvgIpc) is 2.82. The van der Waals surface area contributed by atoms with Crippen LogP contribution in [0.4, 0.5) is 0 Å². The Hall–Kier alpha value is -0.0400. The molecule has 0 aromatic heterocycles. The first-order chi connectivity index (χ1) is 6.10. The summed E-state index contributed by atoms with van der Waals surface area (Å²) >= 11 is 0. The molecule has 1 heteroatoms. The van der Waals surface area contributed by atoms with Crippen LogP contribution in [-0.4, -0.2) is 12.6 Å². The molecule has 0 saturated heterocycles. The molecular weight excluding hydrogens is 158 g/mol. The monoisotopic (exact) mass is 183 g/mol. The van der Waals surface area contributed by atoms with E-state index in [1.165, 1.54) is 25.7 Å². The summed E-state index contributed by atoms with van der Waals surface area (Å²) in [6, 6.07) is 0.733. The lowest BCUT2D eigenvalue weighted by Gasteiger charge is -2.24. The zero-order valence-corrected chi connectivity index (χ0v) is 9.69. The zero-order valence-electron chi connectivity index (χ0n) is 9.69. The number of nitrogens with one attached hydrogen (secondary N) is 1. The lowest BCUT2D eigenvalue weighted by atomic mass is 9.89. The minimum absolute atomic E-state index is 0.681. The van der Waals surface area contributed by atoms with Crippen molar-refractivity contribution >= 4 is 0 Å². The molecule has 1 unspecified atom stereocenters. The molecule has 1 aliphatic carbocycles. The van der Waals surface area contributed by atoms with E-state index in [0.717, 1.165) is 18.5 Å². The second kappa shape index (κ2) is 4.45. The van der Waals surface area contributed by atoms with Crippen LogP contribution in [0.1, 0.15) is 53.4 Å². The molecular formula is C12H25N. The highest BCUT2D eigenvalue weighted by Crippen LogP contribution is 2.52. The molecule has 1 aliphatic rings. The fourth-order valence-electron chi connectivity index (χ4n) is 2.16. The van der Waals surface area contributed by atoms with Gasteiger partial charge in [0.15, 0.2) is 0 Å². The SMILES string of the molecule is CCNC(C)C1(CCC(C)C)CC1. The molecule has 1 rings (SSSR count). The summed E-state index contributed by atoms with van der Waals surface area (Å²) in [4.78, 5) is 0. The number of hydrogen-bond donors (Lipinski definition) is 1. The Morgan fingerprint density at radius 1 is 1.23 bits per heavy atom. The smallest absolute Gasteiger partial charge is 0.00950 e. The zero-order chi connectivity index (χ0) is 9.90. The molecule has 0 aromatic carbocycles. The lowest BCUT2D eigenvalue weighted by Crippen LogP contribution is -2.34. The van der Waals surface area contributed by atoms with Crippen molar-refractivity contribution in [2.24, 2.45) is 11.3 Å². The third-order valence-corrected chi connectivity index (χ3v) is 3.54. The van der Waals surface area contributed by atoms with E-state index in [9.17, 15) is 0 Å². The van der Waals surface area contributed by atoms with Crippen molar-refractivity contribution in [2.45, 2.75) is 59.4 Å². The highest BCUT2D eigenvalue weighted by atomic mass is 14.9. The number of hydrogen-bond acceptors (Lipinski definition) is 1. The summed E-state index contributed by atoms with van der Waals surface area (Å²) in [5.74, 6) is 0.867. The third-order valence-electron chi connectivity index (χ3n) is 3.54. The van der Waals surface area contributed by atoms with Gasteiger partial charge in [0.2, 0.25) is 0 Å². The predicted molar refractivity (Wildman–Crippen MR) is 58.9 cm³/mol. The maximum absolute atomic E-state index is 3.57. The van der Waals surface area contributed by atoms with Crippen molar-refractivity contribution in [3.05, 3.63) is 0 Å². The molecule has 1 nitrogen and oxygen atoms in total. The molecule has 78 valence electrons. The fraction of sp³-hybridized carbons (Fsp3) is 1.00. The molecule has 1 saturated carbocycles. The predicted octanol–water partition coefficient (Wildman–Crippen LogP) is 3.20. The van der Waals surface area contributed by atoms with Gasteiger partial charge in [0, 0.05) is 6.04 Å². The van der Waals surface area contributed by atoms with Crippen molar-refractivity contribution in [3.8, 4) is 0 Å². The van der Waals surface area contributed by atoms with Gasteiger partial charge in [-0.3, -0.25) is 0 Å². The van der Waals surface area contributed by atoms with Gasteiger partial charge in [0.25, 0.3) is 0 Å². The van der Waals surface area contributed by atoms with Crippen LogP contribution < -0.4 is 5.32 Å². The van der Waals surface area contributed by atoms with E-state index in [4.69, 9.17) is 0 Å². The third kappa shape index (κ3) is 2.98. The van der Waals surface area contributed by atoms with Crippen LogP contribution in [0.15, 0.2) is 0 Å². The highest BCUT2D eigenvalue weighted by molar-refractivity contribution is 5.00. The summed E-state index contributed by atoms with van der Waals surface area (Å²) in [5, 5.41) is 3.57. The van der Waals surface area contributed by atoms with E-state index in [0.29, 0.717) is 5.41 Å². The Morgan fingerprint density at radius 2 is 1.85 bits per heavy atom. The van der Waals surface area contributed by atoms with Gasteiger partial charge in [0.1, 0.15) is 0 Å². The Balaban J connectivity index is 2.29. The van der Waals surface area contributed by atoms with Crippen molar-refractivity contribution in [1.82, 2.24) is 5.32 Å². The summed E-state index contributed by atoms with van der Waals surface area (Å²) < 4.78 is 0. The van der Waals surface area contributed by atoms with Gasteiger partial charge in [-0.05, 0) is 44.1 Å². The van der Waals surface area contributed by atoms with Crippen molar-refractivity contribution in [1.29, 1.82) is 0 Å². The van der Waals surface area contributed by atoms with Crippen LogP contribution in [0.2, 0.25) is 0 Å². The molecule has 1 N–H and O–H groups in total. The Morgan fingerprint density at radius 3 is 2.23 bits per heavy atom. The van der Waals surface area contributed by atoms with E-state index < -0.39 is 0 Å². The molecule has 0 bridgehead atoms. The maximum Gasteiger partial charge on any atom is 0.00950 e. The molecule has 0 spiro atoms. The normalized spacial score (nSPS) is 21.9. The van der Waals surface area contributed by atoms with Crippen LogP contribution in [-0.2, 0) is 0 Å². The molecule has 0 amide bonds. The van der Waals surface area contributed by atoms with Gasteiger partial charge in [-0.25, -0.2) is 0 Å². The topological polar surface area (TPSA) is 12.0 Å². The van der Waals surface area contributed by atoms with Crippen molar-refractivity contribution in [2.75, 3.05) is 6.54 Å². The molecule has 0 aromatic rings. The van der Waals surface area contributed by atoms with E-state index in [-0.39, 0.29) is 0 Å². The second-order valence-electron chi connectivity index (χ2n) is 5.07. The van der Waals surface area contributed by atoms with Gasteiger partial charge in [-0.1, -0.05) is 27.2 Å². The molecule has 0 heterocycles. The fourth-order valence-corrected chi connectivity index (χ4v) is 2.16. The first-order valence-corrected chi connectivity index (χ1v) is 5.84. The Kier molecular flexibility index (Phi) is 3.78. The average molecular weight is 183 g/mol. The van der Waals surface area contributed by atoms with Crippen LogP contribution >= 0.6 is 0 Å². The van der Waals surface area contributed by atoms with E-state index >= 15 is 0 Å². The van der Waals surface area contributed by atoms with Crippen molar-refractivity contribution < 1.29 is 0 Å². The quantitative estimate of drug-likeness (QED) is 0.667. The van der Waals surface area contributed by atoms with Gasteiger partial charge in [-0.2, -0.15) is 0 Å². The summed E-state index contributed by atoms with van der Waals surface area (Å²) in [6.07, 6.45) is 5.73. The Bertz CT molecular complexity index is 147. The van der Waals surface area contributed by atoms with E-state index in [2.05, 4.69) is 33.0 Å². The van der Waals surface area contributed by atoms with Crippen LogP contribution in [0.25, 0.3) is 0 Å². The van der Waals surface area contributed by atoms with Crippen LogP contribution in [0.5, 0.6) is 0 Å². The molecule has 0 radical (unpaired) electrons. The molecule has 1 fully saturated rings. The standard InChI is InChI=1S/C12H25N/c1-5-13-11(4)12(8-9-12)7-6-10(2)3/h10-11,13H,5-9H2,1-4H3. The first kappa shape index (κ1) is 11.0. The molecule has 13 heavy (non-hydrogen) atoms. The van der Waals surface area contributed by atoms with Crippen LogP contribution in [0.3, 0.4) is 0 Å². The van der Waals surface area contributed by atoms with Gasteiger partial charge < -0.3 is 5.32 Å². The summed E-state index contributed by atoms with van der Waals surface area (Å²) in [6.45, 7) is 10.3. The minimum atomic E-state index is 0.681. The maximum atomic E-state index is 3.57. The van der Waals surface area contributed by atoms with E-state index in [1.54, 1.807) is 0 Å². The first-order valence-electron chi connectivity index (χ1n) is 5.84. The van der Waals surface area contributed by atoms with Crippen molar-refractivity contribution in [3.63, 3.8) is 0 Å². The van der Waals surface area contributed by atoms with Gasteiger partial charge in [0.05, 0.1) is 0 Å². The summed E-state index contributed by atoms with van der Waals surface area (Å²) in [5.41, 5.74) is 0.681.